The van der Waals surface area contributed by atoms with Gasteiger partial charge in [0.05, 0.1) is 6.26 Å². The summed E-state index contributed by atoms with van der Waals surface area (Å²) in [5, 5.41) is 9.67. The molecule has 0 bridgehead atoms. The Morgan fingerprint density at radius 1 is 1.36 bits per heavy atom. The Bertz CT molecular complexity index is 414. The molecule has 0 aliphatic heterocycles. The number of hydrogen-bond acceptors (Lipinski definition) is 3. The summed E-state index contributed by atoms with van der Waals surface area (Å²) in [6, 6.07) is 5.90. The topological polar surface area (TPSA) is 46.3 Å². The molecule has 0 saturated heterocycles. The summed E-state index contributed by atoms with van der Waals surface area (Å²) in [6.07, 6.45) is 1.69. The zero-order valence-corrected chi connectivity index (χ0v) is 7.22. The van der Waals surface area contributed by atoms with Crippen LogP contribution in [0.15, 0.2) is 41.1 Å². The quantitative estimate of drug-likeness (QED) is 0.792. The third-order valence-electron chi connectivity index (χ3n) is 1.86. The molecule has 0 radical (unpaired) electrons. The first-order valence-corrected chi connectivity index (χ1v) is 4.11. The minimum Gasteiger partial charge on any atom is -0.466 e. The molecule has 4 heteroatoms. The van der Waals surface area contributed by atoms with Gasteiger partial charge < -0.3 is 9.52 Å². The molecule has 0 amide bonds. The molecule has 2 aromatic rings. The zero-order valence-electron chi connectivity index (χ0n) is 7.22. The van der Waals surface area contributed by atoms with E-state index in [1.54, 1.807) is 12.1 Å². The van der Waals surface area contributed by atoms with E-state index in [0.29, 0.717) is 0 Å². The summed E-state index contributed by atoms with van der Waals surface area (Å²) in [7, 11) is 0. The normalized spacial score (nSPS) is 12.7. The highest BCUT2D eigenvalue weighted by atomic mass is 19.1. The number of aliphatic hydroxyl groups is 1. The number of hydrogen-bond donors (Lipinski definition) is 1. The lowest BCUT2D eigenvalue weighted by molar-refractivity contribution is 0.180. The van der Waals surface area contributed by atoms with Crippen molar-refractivity contribution < 1.29 is 13.9 Å². The second-order valence-corrected chi connectivity index (χ2v) is 2.79. The number of rotatable bonds is 2. The van der Waals surface area contributed by atoms with Gasteiger partial charge in [0.25, 0.3) is 0 Å². The van der Waals surface area contributed by atoms with Crippen LogP contribution in [-0.2, 0) is 0 Å². The molecule has 0 aliphatic rings. The van der Waals surface area contributed by atoms with E-state index in [1.807, 2.05) is 0 Å². The Balaban J connectivity index is 2.37. The first-order valence-electron chi connectivity index (χ1n) is 4.11. The van der Waals surface area contributed by atoms with Crippen molar-refractivity contribution in [1.29, 1.82) is 0 Å². The Labute approximate surface area is 79.8 Å². The van der Waals surface area contributed by atoms with Gasteiger partial charge in [0.15, 0.2) is 6.10 Å². The van der Waals surface area contributed by atoms with Crippen molar-refractivity contribution in [2.45, 2.75) is 6.10 Å². The van der Waals surface area contributed by atoms with Crippen molar-refractivity contribution in [3.63, 3.8) is 0 Å². The van der Waals surface area contributed by atoms with Gasteiger partial charge in [-0.1, -0.05) is 0 Å². The Kier molecular flexibility index (Phi) is 2.28. The minimum atomic E-state index is -1.15. The van der Waals surface area contributed by atoms with Gasteiger partial charge in [0.1, 0.15) is 17.3 Å². The first kappa shape index (κ1) is 8.90. The fourth-order valence-electron chi connectivity index (χ4n) is 1.18. The van der Waals surface area contributed by atoms with E-state index in [2.05, 4.69) is 4.98 Å². The smallest absolute Gasteiger partial charge is 0.156 e. The molecule has 1 atom stereocenters. The summed E-state index contributed by atoms with van der Waals surface area (Å²) in [6.45, 7) is 0. The van der Waals surface area contributed by atoms with Gasteiger partial charge in [-0.2, -0.15) is 0 Å². The second-order valence-electron chi connectivity index (χ2n) is 2.79. The molecule has 1 N–H and O–H groups in total. The molecule has 72 valence electrons. The summed E-state index contributed by atoms with van der Waals surface area (Å²) in [4.78, 5) is 3.75. The van der Waals surface area contributed by atoms with Crippen molar-refractivity contribution in [3.8, 4) is 0 Å². The molecular weight excluding hydrogens is 185 g/mol. The molecular formula is C10H8FNO2. The van der Waals surface area contributed by atoms with Crippen LogP contribution in [0.1, 0.15) is 17.6 Å². The van der Waals surface area contributed by atoms with Crippen LogP contribution in [0.3, 0.4) is 0 Å². The fraction of sp³-hybridized carbons (Fsp3) is 0.100. The van der Waals surface area contributed by atoms with Crippen LogP contribution in [0, 0.1) is 5.82 Å². The Morgan fingerprint density at radius 2 is 2.21 bits per heavy atom. The molecule has 0 aliphatic carbocycles. The van der Waals surface area contributed by atoms with E-state index < -0.39 is 11.9 Å². The highest BCUT2D eigenvalue weighted by molar-refractivity contribution is 5.18. The van der Waals surface area contributed by atoms with Gasteiger partial charge >= 0.3 is 0 Å². The van der Waals surface area contributed by atoms with E-state index in [9.17, 15) is 9.50 Å². The van der Waals surface area contributed by atoms with Gasteiger partial charge in [0, 0.05) is 6.20 Å². The molecule has 2 heterocycles. The average molecular weight is 193 g/mol. The van der Waals surface area contributed by atoms with Gasteiger partial charge in [-0.25, -0.2) is 4.39 Å². The third-order valence-corrected chi connectivity index (χ3v) is 1.86. The van der Waals surface area contributed by atoms with E-state index in [0.717, 1.165) is 0 Å². The molecule has 14 heavy (non-hydrogen) atoms. The summed E-state index contributed by atoms with van der Waals surface area (Å²) >= 11 is 0. The molecule has 2 aromatic heterocycles. The van der Waals surface area contributed by atoms with Crippen LogP contribution in [0.25, 0.3) is 0 Å². The maximum Gasteiger partial charge on any atom is 0.156 e. The van der Waals surface area contributed by atoms with Gasteiger partial charge in [-0.15, -0.1) is 0 Å². The predicted molar refractivity (Wildman–Crippen MR) is 47.0 cm³/mol. The SMILES string of the molecule is OC(c1ccco1)c1ncccc1F. The Morgan fingerprint density at radius 3 is 2.86 bits per heavy atom. The number of pyridine rings is 1. The molecule has 3 nitrogen and oxygen atoms in total. The molecule has 0 spiro atoms. The Hall–Kier alpha value is -1.68. The van der Waals surface area contributed by atoms with Crippen LogP contribution < -0.4 is 0 Å². The van der Waals surface area contributed by atoms with Crippen molar-refractivity contribution >= 4 is 0 Å². The zero-order chi connectivity index (χ0) is 9.97. The maximum absolute atomic E-state index is 13.2. The molecule has 0 aromatic carbocycles. The third kappa shape index (κ3) is 1.52. The van der Waals surface area contributed by atoms with Gasteiger partial charge in [-0.3, -0.25) is 4.98 Å². The second kappa shape index (κ2) is 3.59. The van der Waals surface area contributed by atoms with E-state index in [-0.39, 0.29) is 11.5 Å². The number of furan rings is 1. The predicted octanol–water partition coefficient (Wildman–Crippen LogP) is 1.90. The first-order chi connectivity index (χ1) is 6.79. The standard InChI is InChI=1S/C10H8FNO2/c11-7-3-1-5-12-9(7)10(13)8-4-2-6-14-8/h1-6,10,13H. The lowest BCUT2D eigenvalue weighted by atomic mass is 10.2. The fourth-order valence-corrected chi connectivity index (χ4v) is 1.18. The molecule has 0 fully saturated rings. The number of nitrogens with zero attached hydrogens (tertiary/aromatic N) is 1. The van der Waals surface area contributed by atoms with E-state index >= 15 is 0 Å². The van der Waals surface area contributed by atoms with Crippen molar-refractivity contribution in [2.75, 3.05) is 0 Å². The van der Waals surface area contributed by atoms with Crippen LogP contribution in [0.2, 0.25) is 0 Å². The van der Waals surface area contributed by atoms with Crippen LogP contribution >= 0.6 is 0 Å². The largest absolute Gasteiger partial charge is 0.466 e. The van der Waals surface area contributed by atoms with Crippen molar-refractivity contribution in [1.82, 2.24) is 4.98 Å². The number of aromatic nitrogens is 1. The monoisotopic (exact) mass is 193 g/mol. The summed E-state index contributed by atoms with van der Waals surface area (Å²) in [5.41, 5.74) is -0.0255. The lowest BCUT2D eigenvalue weighted by Gasteiger charge is -2.06. The van der Waals surface area contributed by atoms with Gasteiger partial charge in [-0.05, 0) is 24.3 Å². The molecule has 2 rings (SSSR count). The average Bonchev–Trinajstić information content (AvgIpc) is 2.70. The molecule has 0 saturated carbocycles. The maximum atomic E-state index is 13.2. The van der Waals surface area contributed by atoms with Crippen molar-refractivity contribution in [2.24, 2.45) is 0 Å². The highest BCUT2D eigenvalue weighted by Gasteiger charge is 2.18. The lowest BCUT2D eigenvalue weighted by Crippen LogP contribution is -2.03. The van der Waals surface area contributed by atoms with Gasteiger partial charge in [0.2, 0.25) is 0 Å². The summed E-state index contributed by atoms with van der Waals surface area (Å²) in [5.74, 6) is -0.265. The molecule has 1 unspecified atom stereocenters. The van der Waals surface area contributed by atoms with Crippen LogP contribution in [0.5, 0.6) is 0 Å². The highest BCUT2D eigenvalue weighted by Crippen LogP contribution is 2.21. The minimum absolute atomic E-state index is 0.0255. The van der Waals surface area contributed by atoms with E-state index in [1.165, 1.54) is 24.6 Å². The number of aliphatic hydroxyl groups excluding tert-OH is 1. The summed E-state index contributed by atoms with van der Waals surface area (Å²) < 4.78 is 18.1. The van der Waals surface area contributed by atoms with Crippen molar-refractivity contribution in [3.05, 3.63) is 54.0 Å². The van der Waals surface area contributed by atoms with E-state index in [4.69, 9.17) is 4.42 Å². The van der Waals surface area contributed by atoms with Crippen LogP contribution in [-0.4, -0.2) is 10.1 Å². The number of halogens is 1. The van der Waals surface area contributed by atoms with Crippen LogP contribution in [0.4, 0.5) is 4.39 Å².